The van der Waals surface area contributed by atoms with E-state index in [0.29, 0.717) is 12.2 Å². The number of nitrogens with two attached hydrogens (primary N) is 1. The van der Waals surface area contributed by atoms with E-state index < -0.39 is 11.7 Å². The SMILES string of the molecule is Cc1ccccc1CNc1ccc(F)c(C(N)=O)c1. The second-order valence-corrected chi connectivity index (χ2v) is 4.34. The molecule has 0 aliphatic rings. The Kier molecular flexibility index (Phi) is 3.80. The van der Waals surface area contributed by atoms with Crippen LogP contribution in [0, 0.1) is 12.7 Å². The molecule has 0 atom stereocenters. The second kappa shape index (κ2) is 5.52. The average Bonchev–Trinajstić information content (AvgIpc) is 2.39. The summed E-state index contributed by atoms with van der Waals surface area (Å²) in [6.45, 7) is 2.63. The topological polar surface area (TPSA) is 55.1 Å². The van der Waals surface area contributed by atoms with Gasteiger partial charge in [-0.1, -0.05) is 24.3 Å². The van der Waals surface area contributed by atoms with Crippen molar-refractivity contribution in [2.24, 2.45) is 5.73 Å². The number of carbonyl (C=O) groups excluding carboxylic acids is 1. The zero-order valence-electron chi connectivity index (χ0n) is 10.6. The van der Waals surface area contributed by atoms with Gasteiger partial charge in [-0.15, -0.1) is 0 Å². The van der Waals surface area contributed by atoms with Crippen LogP contribution in [0.15, 0.2) is 42.5 Å². The lowest BCUT2D eigenvalue weighted by Gasteiger charge is -2.10. The maximum atomic E-state index is 13.3. The maximum Gasteiger partial charge on any atom is 0.251 e. The molecule has 0 aliphatic heterocycles. The lowest BCUT2D eigenvalue weighted by molar-refractivity contribution is 0.0996. The molecule has 0 radical (unpaired) electrons. The van der Waals surface area contributed by atoms with Crippen LogP contribution in [0.4, 0.5) is 10.1 Å². The van der Waals surface area contributed by atoms with Gasteiger partial charge in [0.15, 0.2) is 0 Å². The zero-order chi connectivity index (χ0) is 13.8. The Morgan fingerprint density at radius 2 is 2.00 bits per heavy atom. The van der Waals surface area contributed by atoms with Crippen molar-refractivity contribution in [1.29, 1.82) is 0 Å². The minimum absolute atomic E-state index is 0.102. The summed E-state index contributed by atoms with van der Waals surface area (Å²) in [5, 5.41) is 3.15. The third kappa shape index (κ3) is 3.10. The van der Waals surface area contributed by atoms with Gasteiger partial charge in [-0.25, -0.2) is 4.39 Å². The fourth-order valence-electron chi connectivity index (χ4n) is 1.83. The summed E-state index contributed by atoms with van der Waals surface area (Å²) >= 11 is 0. The maximum absolute atomic E-state index is 13.3. The number of primary amides is 1. The van der Waals surface area contributed by atoms with E-state index in [4.69, 9.17) is 5.73 Å². The van der Waals surface area contributed by atoms with E-state index in [1.807, 2.05) is 31.2 Å². The Bertz CT molecular complexity index is 611. The summed E-state index contributed by atoms with van der Waals surface area (Å²) in [6.07, 6.45) is 0. The average molecular weight is 258 g/mol. The van der Waals surface area contributed by atoms with E-state index in [1.165, 1.54) is 17.7 Å². The number of carbonyl (C=O) groups is 1. The summed E-state index contributed by atoms with van der Waals surface area (Å²) < 4.78 is 13.3. The Labute approximate surface area is 111 Å². The number of anilines is 1. The number of hydrogen-bond acceptors (Lipinski definition) is 2. The van der Waals surface area contributed by atoms with Crippen molar-refractivity contribution in [1.82, 2.24) is 0 Å². The first-order valence-corrected chi connectivity index (χ1v) is 5.95. The minimum Gasteiger partial charge on any atom is -0.381 e. The summed E-state index contributed by atoms with van der Waals surface area (Å²) in [5.74, 6) is -1.37. The van der Waals surface area contributed by atoms with Crippen LogP contribution in [0.2, 0.25) is 0 Å². The highest BCUT2D eigenvalue weighted by Crippen LogP contribution is 2.16. The molecule has 2 rings (SSSR count). The van der Waals surface area contributed by atoms with Crippen molar-refractivity contribution in [3.63, 3.8) is 0 Å². The summed E-state index contributed by atoms with van der Waals surface area (Å²) in [5.41, 5.74) is 7.99. The van der Waals surface area contributed by atoms with E-state index in [1.54, 1.807) is 6.07 Å². The normalized spacial score (nSPS) is 10.2. The zero-order valence-corrected chi connectivity index (χ0v) is 10.6. The predicted molar refractivity (Wildman–Crippen MR) is 73.4 cm³/mol. The first-order chi connectivity index (χ1) is 9.08. The van der Waals surface area contributed by atoms with Crippen LogP contribution in [-0.2, 0) is 6.54 Å². The van der Waals surface area contributed by atoms with Crippen molar-refractivity contribution >= 4 is 11.6 Å². The Morgan fingerprint density at radius 3 is 2.68 bits per heavy atom. The highest BCUT2D eigenvalue weighted by Gasteiger charge is 2.08. The minimum atomic E-state index is -0.767. The van der Waals surface area contributed by atoms with E-state index in [0.717, 1.165) is 5.56 Å². The molecule has 0 saturated heterocycles. The van der Waals surface area contributed by atoms with Gasteiger partial charge in [-0.3, -0.25) is 4.79 Å². The third-order valence-electron chi connectivity index (χ3n) is 2.98. The van der Waals surface area contributed by atoms with E-state index in [2.05, 4.69) is 5.32 Å². The predicted octanol–water partition coefficient (Wildman–Crippen LogP) is 2.85. The van der Waals surface area contributed by atoms with Crippen LogP contribution in [-0.4, -0.2) is 5.91 Å². The smallest absolute Gasteiger partial charge is 0.251 e. The van der Waals surface area contributed by atoms with Crippen LogP contribution in [0.25, 0.3) is 0 Å². The molecule has 0 fully saturated rings. The molecular formula is C15H15FN2O. The lowest BCUT2D eigenvalue weighted by atomic mass is 10.1. The summed E-state index contributed by atoms with van der Waals surface area (Å²) in [7, 11) is 0. The first kappa shape index (κ1) is 13.1. The molecule has 19 heavy (non-hydrogen) atoms. The molecule has 0 unspecified atom stereocenters. The lowest BCUT2D eigenvalue weighted by Crippen LogP contribution is -2.13. The molecule has 0 spiro atoms. The van der Waals surface area contributed by atoms with E-state index in [9.17, 15) is 9.18 Å². The molecule has 3 N–H and O–H groups in total. The molecule has 0 aromatic heterocycles. The number of benzene rings is 2. The van der Waals surface area contributed by atoms with Crippen molar-refractivity contribution in [3.8, 4) is 0 Å². The molecule has 0 heterocycles. The van der Waals surface area contributed by atoms with Gasteiger partial charge in [0.25, 0.3) is 5.91 Å². The largest absolute Gasteiger partial charge is 0.381 e. The molecule has 2 aromatic carbocycles. The standard InChI is InChI=1S/C15H15FN2O/c1-10-4-2-3-5-11(10)9-18-12-6-7-14(16)13(8-12)15(17)19/h2-8,18H,9H2,1H3,(H2,17,19). The van der Waals surface area contributed by atoms with Crippen molar-refractivity contribution in [2.75, 3.05) is 5.32 Å². The van der Waals surface area contributed by atoms with Crippen LogP contribution < -0.4 is 11.1 Å². The highest BCUT2D eigenvalue weighted by molar-refractivity contribution is 5.94. The van der Waals surface area contributed by atoms with Gasteiger partial charge in [0, 0.05) is 12.2 Å². The second-order valence-electron chi connectivity index (χ2n) is 4.34. The monoisotopic (exact) mass is 258 g/mol. The molecule has 1 amide bonds. The Hall–Kier alpha value is -2.36. The molecule has 0 saturated carbocycles. The Morgan fingerprint density at radius 1 is 1.26 bits per heavy atom. The number of halogens is 1. The first-order valence-electron chi connectivity index (χ1n) is 5.95. The van der Waals surface area contributed by atoms with Crippen LogP contribution >= 0.6 is 0 Å². The van der Waals surface area contributed by atoms with Gasteiger partial charge < -0.3 is 11.1 Å². The van der Waals surface area contributed by atoms with Gasteiger partial charge >= 0.3 is 0 Å². The molecule has 4 heteroatoms. The van der Waals surface area contributed by atoms with E-state index >= 15 is 0 Å². The van der Waals surface area contributed by atoms with Crippen molar-refractivity contribution in [3.05, 3.63) is 65.0 Å². The number of hydrogen-bond donors (Lipinski definition) is 2. The fourth-order valence-corrected chi connectivity index (χ4v) is 1.83. The van der Waals surface area contributed by atoms with Crippen molar-refractivity contribution in [2.45, 2.75) is 13.5 Å². The third-order valence-corrected chi connectivity index (χ3v) is 2.98. The molecule has 2 aromatic rings. The number of amides is 1. The van der Waals surface area contributed by atoms with Gasteiger partial charge in [-0.2, -0.15) is 0 Å². The molecule has 0 bridgehead atoms. The van der Waals surface area contributed by atoms with Gasteiger partial charge in [-0.05, 0) is 36.2 Å². The summed E-state index contributed by atoms with van der Waals surface area (Å²) in [4.78, 5) is 11.1. The fraction of sp³-hybridized carbons (Fsp3) is 0.133. The van der Waals surface area contributed by atoms with Gasteiger partial charge in [0.1, 0.15) is 5.82 Å². The summed E-state index contributed by atoms with van der Waals surface area (Å²) in [6, 6.07) is 12.2. The van der Waals surface area contributed by atoms with Gasteiger partial charge in [0.2, 0.25) is 0 Å². The quantitative estimate of drug-likeness (QED) is 0.886. The number of nitrogens with one attached hydrogen (secondary N) is 1. The number of aryl methyl sites for hydroxylation is 1. The molecular weight excluding hydrogens is 243 g/mol. The van der Waals surface area contributed by atoms with E-state index in [-0.39, 0.29) is 5.56 Å². The number of rotatable bonds is 4. The van der Waals surface area contributed by atoms with Gasteiger partial charge in [0.05, 0.1) is 5.56 Å². The van der Waals surface area contributed by atoms with Crippen LogP contribution in [0.3, 0.4) is 0 Å². The molecule has 0 aliphatic carbocycles. The van der Waals surface area contributed by atoms with Crippen LogP contribution in [0.1, 0.15) is 21.5 Å². The molecule has 3 nitrogen and oxygen atoms in total. The molecule has 98 valence electrons. The highest BCUT2D eigenvalue weighted by atomic mass is 19.1. The Balaban J connectivity index is 2.14. The van der Waals surface area contributed by atoms with Crippen LogP contribution in [0.5, 0.6) is 0 Å². The van der Waals surface area contributed by atoms with Crippen molar-refractivity contribution < 1.29 is 9.18 Å².